The number of piperidine rings is 1. The minimum Gasteiger partial charge on any atom is -0.371 e. The van der Waals surface area contributed by atoms with E-state index < -0.39 is 5.82 Å². The van der Waals surface area contributed by atoms with Gasteiger partial charge in [0.05, 0.1) is 6.20 Å². The van der Waals surface area contributed by atoms with E-state index in [1.54, 1.807) is 7.05 Å². The number of rotatable bonds is 7. The van der Waals surface area contributed by atoms with Gasteiger partial charge in [0, 0.05) is 45.0 Å². The molecule has 8 heteroatoms. The summed E-state index contributed by atoms with van der Waals surface area (Å²) in [4.78, 5) is 17.5. The van der Waals surface area contributed by atoms with E-state index in [-0.39, 0.29) is 5.82 Å². The molecule has 0 saturated carbocycles. The molecule has 0 unspecified atom stereocenters. The molecule has 2 aromatic heterocycles. The second-order valence-electron chi connectivity index (χ2n) is 7.04. The van der Waals surface area contributed by atoms with Gasteiger partial charge in [-0.05, 0) is 39.9 Å². The zero-order chi connectivity index (χ0) is 18.5. The highest BCUT2D eigenvalue weighted by molar-refractivity contribution is 5.42. The predicted molar refractivity (Wildman–Crippen MR) is 101 cm³/mol. The summed E-state index contributed by atoms with van der Waals surface area (Å²) in [6.45, 7) is 3.72. The largest absolute Gasteiger partial charge is 0.371 e. The van der Waals surface area contributed by atoms with E-state index in [0.29, 0.717) is 11.9 Å². The minimum atomic E-state index is -0.429. The van der Waals surface area contributed by atoms with Crippen LogP contribution in [0.2, 0.25) is 0 Å². The summed E-state index contributed by atoms with van der Waals surface area (Å²) in [6, 6.07) is 0. The zero-order valence-corrected chi connectivity index (χ0v) is 15.8. The van der Waals surface area contributed by atoms with Crippen LogP contribution in [-0.4, -0.2) is 65.2 Å². The smallest absolute Gasteiger partial charge is 0.227 e. The topological polar surface area (TPSA) is 62.1 Å². The number of imidazole rings is 1. The highest BCUT2D eigenvalue weighted by Crippen LogP contribution is 2.28. The first-order chi connectivity index (χ1) is 12.6. The molecule has 1 N–H and O–H groups in total. The number of hydrogen-bond donors (Lipinski definition) is 1. The summed E-state index contributed by atoms with van der Waals surface area (Å²) in [5, 5.41) is 2.78. The van der Waals surface area contributed by atoms with Crippen LogP contribution in [0.1, 0.15) is 31.0 Å². The molecule has 0 aliphatic carbocycles. The molecule has 26 heavy (non-hydrogen) atoms. The first-order valence-electron chi connectivity index (χ1n) is 9.19. The number of aryl methyl sites for hydroxylation is 1. The van der Waals surface area contributed by atoms with E-state index in [4.69, 9.17) is 0 Å². The number of anilines is 2. The van der Waals surface area contributed by atoms with Crippen LogP contribution in [0.3, 0.4) is 0 Å². The van der Waals surface area contributed by atoms with Gasteiger partial charge in [0.1, 0.15) is 5.82 Å². The fraction of sp³-hybridized carbons (Fsp3) is 0.611. The summed E-state index contributed by atoms with van der Waals surface area (Å²) in [7, 11) is 5.85. The van der Waals surface area contributed by atoms with E-state index in [9.17, 15) is 4.39 Å². The lowest BCUT2D eigenvalue weighted by Gasteiger charge is -2.32. The van der Waals surface area contributed by atoms with Crippen LogP contribution < -0.4 is 10.2 Å². The van der Waals surface area contributed by atoms with Crippen molar-refractivity contribution in [3.8, 4) is 0 Å². The highest BCUT2D eigenvalue weighted by Gasteiger charge is 2.26. The fourth-order valence-electron chi connectivity index (χ4n) is 3.48. The van der Waals surface area contributed by atoms with Crippen LogP contribution in [-0.2, 0) is 6.54 Å². The van der Waals surface area contributed by atoms with Gasteiger partial charge in [-0.15, -0.1) is 0 Å². The molecule has 0 amide bonds. The Kier molecular flexibility index (Phi) is 6.03. The quantitative estimate of drug-likeness (QED) is 0.816. The molecular formula is C18H28FN7. The zero-order valence-electron chi connectivity index (χ0n) is 15.8. The SMILES string of the molecule is CNc1nc(N2CCC[C@H](c3nccn3CCCN(C)C)C2)ncc1F. The van der Waals surface area contributed by atoms with Crippen molar-refractivity contribution >= 4 is 11.8 Å². The van der Waals surface area contributed by atoms with Gasteiger partial charge in [-0.1, -0.05) is 0 Å². The van der Waals surface area contributed by atoms with Crippen LogP contribution in [0, 0.1) is 5.82 Å². The Bertz CT molecular complexity index is 715. The van der Waals surface area contributed by atoms with Gasteiger partial charge in [0.15, 0.2) is 11.6 Å². The normalized spacial score (nSPS) is 17.7. The van der Waals surface area contributed by atoms with Gasteiger partial charge in [-0.25, -0.2) is 14.4 Å². The molecule has 1 aliphatic heterocycles. The average Bonchev–Trinajstić information content (AvgIpc) is 3.10. The summed E-state index contributed by atoms with van der Waals surface area (Å²) < 4.78 is 15.9. The molecule has 0 bridgehead atoms. The van der Waals surface area contributed by atoms with E-state index in [2.05, 4.69) is 54.9 Å². The van der Waals surface area contributed by atoms with E-state index in [0.717, 1.165) is 51.3 Å². The summed E-state index contributed by atoms with van der Waals surface area (Å²) >= 11 is 0. The van der Waals surface area contributed by atoms with E-state index in [1.165, 1.54) is 6.20 Å². The van der Waals surface area contributed by atoms with Crippen LogP contribution >= 0.6 is 0 Å². The number of nitrogens with one attached hydrogen (secondary N) is 1. The third-order valence-electron chi connectivity index (χ3n) is 4.79. The van der Waals surface area contributed by atoms with Gasteiger partial charge >= 0.3 is 0 Å². The fourth-order valence-corrected chi connectivity index (χ4v) is 3.48. The summed E-state index contributed by atoms with van der Waals surface area (Å²) in [5.41, 5.74) is 0. The molecule has 1 saturated heterocycles. The Morgan fingerprint density at radius 3 is 2.96 bits per heavy atom. The number of halogens is 1. The second kappa shape index (κ2) is 8.44. The van der Waals surface area contributed by atoms with Crippen molar-refractivity contribution in [2.24, 2.45) is 0 Å². The van der Waals surface area contributed by atoms with Gasteiger partial charge in [0.2, 0.25) is 5.95 Å². The van der Waals surface area contributed by atoms with E-state index >= 15 is 0 Å². The van der Waals surface area contributed by atoms with Crippen molar-refractivity contribution < 1.29 is 4.39 Å². The highest BCUT2D eigenvalue weighted by atomic mass is 19.1. The van der Waals surface area contributed by atoms with Gasteiger partial charge in [-0.2, -0.15) is 4.98 Å². The Morgan fingerprint density at radius 1 is 1.35 bits per heavy atom. The van der Waals surface area contributed by atoms with Crippen molar-refractivity contribution in [1.82, 2.24) is 24.4 Å². The molecule has 3 rings (SSSR count). The molecule has 3 heterocycles. The molecule has 142 valence electrons. The molecule has 0 radical (unpaired) electrons. The van der Waals surface area contributed by atoms with Crippen LogP contribution in [0.5, 0.6) is 0 Å². The molecular weight excluding hydrogens is 333 g/mol. The predicted octanol–water partition coefficient (Wildman–Crippen LogP) is 2.19. The standard InChI is InChI=1S/C18H28FN7/c1-20-16-15(19)12-22-18(23-16)26-9-4-6-14(13-26)17-21-7-11-25(17)10-5-8-24(2)3/h7,11-12,14H,4-6,8-10,13H2,1-3H3,(H,20,22,23)/t14-/m0/s1. The summed E-state index contributed by atoms with van der Waals surface area (Å²) in [5.74, 6) is 1.85. The molecule has 1 aliphatic rings. The maximum absolute atomic E-state index is 13.6. The Labute approximate surface area is 154 Å². The average molecular weight is 361 g/mol. The Balaban J connectivity index is 1.70. The summed E-state index contributed by atoms with van der Waals surface area (Å²) in [6.07, 6.45) is 8.43. The number of hydrogen-bond acceptors (Lipinski definition) is 6. The molecule has 1 atom stereocenters. The third kappa shape index (κ3) is 4.30. The molecule has 2 aromatic rings. The first-order valence-corrected chi connectivity index (χ1v) is 9.19. The van der Waals surface area contributed by atoms with Gasteiger partial charge in [-0.3, -0.25) is 0 Å². The lowest BCUT2D eigenvalue weighted by atomic mass is 9.97. The van der Waals surface area contributed by atoms with Crippen LogP contribution in [0.15, 0.2) is 18.6 Å². The minimum absolute atomic E-state index is 0.238. The Hall–Kier alpha value is -2.22. The maximum Gasteiger partial charge on any atom is 0.227 e. The molecule has 7 nitrogen and oxygen atoms in total. The Morgan fingerprint density at radius 2 is 2.19 bits per heavy atom. The van der Waals surface area contributed by atoms with Crippen LogP contribution in [0.4, 0.5) is 16.2 Å². The van der Waals surface area contributed by atoms with Crippen LogP contribution in [0.25, 0.3) is 0 Å². The number of aromatic nitrogens is 4. The third-order valence-corrected chi connectivity index (χ3v) is 4.79. The monoisotopic (exact) mass is 361 g/mol. The molecule has 0 aromatic carbocycles. The van der Waals surface area contributed by atoms with Crippen molar-refractivity contribution in [2.45, 2.75) is 31.7 Å². The first kappa shape index (κ1) is 18.6. The number of nitrogens with zero attached hydrogens (tertiary/aromatic N) is 6. The lowest BCUT2D eigenvalue weighted by Crippen LogP contribution is -2.36. The maximum atomic E-state index is 13.6. The van der Waals surface area contributed by atoms with Gasteiger partial charge < -0.3 is 19.7 Å². The molecule has 1 fully saturated rings. The van der Waals surface area contributed by atoms with Crippen molar-refractivity contribution in [2.75, 3.05) is 51.0 Å². The van der Waals surface area contributed by atoms with Crippen molar-refractivity contribution in [3.05, 3.63) is 30.2 Å². The van der Waals surface area contributed by atoms with E-state index in [1.807, 2.05) is 6.20 Å². The van der Waals surface area contributed by atoms with Gasteiger partial charge in [0.25, 0.3) is 0 Å². The van der Waals surface area contributed by atoms with Crippen molar-refractivity contribution in [1.29, 1.82) is 0 Å². The lowest BCUT2D eigenvalue weighted by molar-refractivity contribution is 0.380. The second-order valence-corrected chi connectivity index (χ2v) is 7.04. The molecule has 0 spiro atoms. The van der Waals surface area contributed by atoms with Crippen molar-refractivity contribution in [3.63, 3.8) is 0 Å².